The van der Waals surface area contributed by atoms with Gasteiger partial charge in [0.1, 0.15) is 0 Å². The van der Waals surface area contributed by atoms with E-state index in [4.69, 9.17) is 0 Å². The van der Waals surface area contributed by atoms with Crippen LogP contribution in [0.1, 0.15) is 39.5 Å². The van der Waals surface area contributed by atoms with E-state index in [2.05, 4.69) is 10.6 Å². The van der Waals surface area contributed by atoms with Gasteiger partial charge in [0.15, 0.2) is 0 Å². The number of carbonyl (C=O) groups is 1. The quantitative estimate of drug-likeness (QED) is 0.765. The predicted molar refractivity (Wildman–Crippen MR) is 82.4 cm³/mol. The normalized spacial score (nSPS) is 25.4. The fourth-order valence-electron chi connectivity index (χ4n) is 3.02. The van der Waals surface area contributed by atoms with E-state index in [1.165, 1.54) is 0 Å². The molecule has 0 aromatic heterocycles. The van der Waals surface area contributed by atoms with Crippen LogP contribution in [-0.4, -0.2) is 56.1 Å². The molecule has 2 rings (SSSR count). The number of carbonyl (C=O) groups excluding carboxylic acids is 1. The second-order valence-electron chi connectivity index (χ2n) is 6.50. The predicted octanol–water partition coefficient (Wildman–Crippen LogP) is 0.305. The summed E-state index contributed by atoms with van der Waals surface area (Å²) in [5.74, 6) is 0.410. The lowest BCUT2D eigenvalue weighted by molar-refractivity contribution is -0.123. The van der Waals surface area contributed by atoms with Crippen LogP contribution in [0.2, 0.25) is 0 Å². The van der Waals surface area contributed by atoms with Gasteiger partial charge in [0.25, 0.3) is 0 Å². The fraction of sp³-hybridized carbons (Fsp3) is 0.929. The third kappa shape index (κ3) is 4.66. The average Bonchev–Trinajstić information content (AvgIpc) is 2.91. The molecule has 0 bridgehead atoms. The van der Waals surface area contributed by atoms with Crippen LogP contribution >= 0.6 is 0 Å². The molecular formula is C14H27N3O3S. The minimum atomic E-state index is -3.14. The Bertz CT molecular complexity index is 450. The molecular weight excluding hydrogens is 290 g/mol. The first kappa shape index (κ1) is 16.7. The van der Waals surface area contributed by atoms with Crippen molar-refractivity contribution in [1.29, 1.82) is 0 Å². The number of amides is 1. The third-order valence-electron chi connectivity index (χ3n) is 4.11. The minimum Gasteiger partial charge on any atom is -0.352 e. The number of nitrogens with zero attached hydrogens (tertiary/aromatic N) is 1. The molecule has 1 amide bonds. The van der Waals surface area contributed by atoms with Gasteiger partial charge in [-0.1, -0.05) is 13.8 Å². The van der Waals surface area contributed by atoms with Gasteiger partial charge in [-0.05, 0) is 38.1 Å². The Balaban J connectivity index is 1.79. The van der Waals surface area contributed by atoms with Gasteiger partial charge >= 0.3 is 0 Å². The summed E-state index contributed by atoms with van der Waals surface area (Å²) in [7, 11) is -3.14. The first-order valence-corrected chi connectivity index (χ1v) is 9.51. The lowest BCUT2D eigenvalue weighted by Crippen LogP contribution is -2.50. The Morgan fingerprint density at radius 1 is 1.29 bits per heavy atom. The highest BCUT2D eigenvalue weighted by molar-refractivity contribution is 7.89. The van der Waals surface area contributed by atoms with E-state index >= 15 is 0 Å². The Kier molecular flexibility index (Phi) is 5.62. The highest BCUT2D eigenvalue weighted by Crippen LogP contribution is 2.17. The maximum Gasteiger partial charge on any atom is 0.237 e. The van der Waals surface area contributed by atoms with Crippen molar-refractivity contribution in [3.63, 3.8) is 0 Å². The molecule has 0 spiro atoms. The molecule has 2 aliphatic rings. The molecule has 2 fully saturated rings. The van der Waals surface area contributed by atoms with Gasteiger partial charge in [0, 0.05) is 19.1 Å². The van der Waals surface area contributed by atoms with Crippen molar-refractivity contribution in [3.8, 4) is 0 Å². The van der Waals surface area contributed by atoms with E-state index in [0.717, 1.165) is 19.4 Å². The lowest BCUT2D eigenvalue weighted by atomic mass is 10.1. The van der Waals surface area contributed by atoms with E-state index < -0.39 is 10.0 Å². The van der Waals surface area contributed by atoms with Crippen LogP contribution in [0.4, 0.5) is 0 Å². The van der Waals surface area contributed by atoms with E-state index in [1.807, 2.05) is 13.8 Å². The zero-order valence-electron chi connectivity index (χ0n) is 13.0. The Labute approximate surface area is 127 Å². The number of piperidine rings is 1. The summed E-state index contributed by atoms with van der Waals surface area (Å²) in [4.78, 5) is 12.0. The van der Waals surface area contributed by atoms with Gasteiger partial charge in [-0.3, -0.25) is 4.79 Å². The summed E-state index contributed by atoms with van der Waals surface area (Å²) < 4.78 is 25.9. The summed E-state index contributed by atoms with van der Waals surface area (Å²) in [5.41, 5.74) is 0. The molecule has 0 aromatic rings. The van der Waals surface area contributed by atoms with Crippen LogP contribution in [0.25, 0.3) is 0 Å². The smallest absolute Gasteiger partial charge is 0.237 e. The fourth-order valence-corrected chi connectivity index (χ4v) is 4.84. The van der Waals surface area contributed by atoms with Crippen molar-refractivity contribution in [2.45, 2.75) is 51.6 Å². The van der Waals surface area contributed by atoms with Gasteiger partial charge in [-0.2, -0.15) is 0 Å². The van der Waals surface area contributed by atoms with Gasteiger partial charge in [0.05, 0.1) is 11.8 Å². The third-order valence-corrected chi connectivity index (χ3v) is 6.35. The standard InChI is InChI=1S/C14H27N3O3S/c1-11(2)10-21(19,20)17-8-5-12(6-9-17)16-14(18)13-4-3-7-15-13/h11-13,15H,3-10H2,1-2H3,(H,16,18). The molecule has 1 unspecified atom stereocenters. The van der Waals surface area contributed by atoms with Gasteiger partial charge < -0.3 is 10.6 Å². The van der Waals surface area contributed by atoms with Gasteiger partial charge in [0.2, 0.25) is 15.9 Å². The SMILES string of the molecule is CC(C)CS(=O)(=O)N1CCC(NC(=O)C2CCCN2)CC1. The number of nitrogens with one attached hydrogen (secondary N) is 2. The van der Waals surface area contributed by atoms with Crippen LogP contribution in [0.5, 0.6) is 0 Å². The lowest BCUT2D eigenvalue weighted by Gasteiger charge is -2.32. The molecule has 2 N–H and O–H groups in total. The van der Waals surface area contributed by atoms with Crippen LogP contribution < -0.4 is 10.6 Å². The van der Waals surface area contributed by atoms with Crippen LogP contribution in [0.15, 0.2) is 0 Å². The molecule has 21 heavy (non-hydrogen) atoms. The average molecular weight is 317 g/mol. The van der Waals surface area contributed by atoms with Crippen molar-refractivity contribution in [2.24, 2.45) is 5.92 Å². The molecule has 0 saturated carbocycles. The van der Waals surface area contributed by atoms with Crippen molar-refractivity contribution in [1.82, 2.24) is 14.9 Å². The van der Waals surface area contributed by atoms with Crippen molar-refractivity contribution >= 4 is 15.9 Å². The topological polar surface area (TPSA) is 78.5 Å². The minimum absolute atomic E-state index is 0.0623. The maximum atomic E-state index is 12.2. The number of rotatable bonds is 5. The molecule has 6 nitrogen and oxygen atoms in total. The van der Waals surface area contributed by atoms with Gasteiger partial charge in [-0.15, -0.1) is 0 Å². The summed E-state index contributed by atoms with van der Waals surface area (Å²) in [6.07, 6.45) is 3.35. The summed E-state index contributed by atoms with van der Waals surface area (Å²) in [6.45, 7) is 5.76. The zero-order chi connectivity index (χ0) is 15.5. The Morgan fingerprint density at radius 3 is 2.48 bits per heavy atom. The molecule has 2 heterocycles. The van der Waals surface area contributed by atoms with E-state index in [1.54, 1.807) is 4.31 Å². The molecule has 0 aromatic carbocycles. The van der Waals surface area contributed by atoms with Crippen LogP contribution in [0, 0.1) is 5.92 Å². The highest BCUT2D eigenvalue weighted by Gasteiger charge is 2.30. The second kappa shape index (κ2) is 7.07. The molecule has 0 radical (unpaired) electrons. The highest BCUT2D eigenvalue weighted by atomic mass is 32.2. The monoisotopic (exact) mass is 317 g/mol. The van der Waals surface area contributed by atoms with E-state index in [9.17, 15) is 13.2 Å². The first-order valence-electron chi connectivity index (χ1n) is 7.90. The summed E-state index contributed by atoms with van der Waals surface area (Å²) >= 11 is 0. The largest absolute Gasteiger partial charge is 0.352 e. The van der Waals surface area contributed by atoms with Crippen molar-refractivity contribution in [3.05, 3.63) is 0 Å². The van der Waals surface area contributed by atoms with E-state index in [0.29, 0.717) is 25.9 Å². The summed E-state index contributed by atoms with van der Waals surface area (Å²) in [6, 6.07) is 0.0399. The molecule has 7 heteroatoms. The Hall–Kier alpha value is -0.660. The van der Waals surface area contributed by atoms with Gasteiger partial charge in [-0.25, -0.2) is 12.7 Å². The first-order chi connectivity index (χ1) is 9.88. The van der Waals surface area contributed by atoms with Crippen molar-refractivity contribution in [2.75, 3.05) is 25.4 Å². The Morgan fingerprint density at radius 2 is 1.95 bits per heavy atom. The molecule has 1 atom stereocenters. The number of hydrogen-bond donors (Lipinski definition) is 2. The van der Waals surface area contributed by atoms with Crippen LogP contribution in [-0.2, 0) is 14.8 Å². The maximum absolute atomic E-state index is 12.2. The van der Waals surface area contributed by atoms with E-state index in [-0.39, 0.29) is 29.7 Å². The zero-order valence-corrected chi connectivity index (χ0v) is 13.8. The molecule has 2 aliphatic heterocycles. The van der Waals surface area contributed by atoms with Crippen LogP contribution in [0.3, 0.4) is 0 Å². The summed E-state index contributed by atoms with van der Waals surface area (Å²) in [5, 5.41) is 6.23. The number of hydrogen-bond acceptors (Lipinski definition) is 4. The second-order valence-corrected chi connectivity index (χ2v) is 8.52. The number of sulfonamides is 1. The molecule has 0 aliphatic carbocycles. The molecule has 2 saturated heterocycles. The molecule has 122 valence electrons. The van der Waals surface area contributed by atoms with Crippen molar-refractivity contribution < 1.29 is 13.2 Å².